The summed E-state index contributed by atoms with van der Waals surface area (Å²) in [6.45, 7) is 12.6. The molecule has 0 spiro atoms. The molecule has 1 N–H and O–H groups in total. The average molecular weight is 382 g/mol. The minimum atomic E-state index is -0.116. The van der Waals surface area contributed by atoms with Gasteiger partial charge in [-0.1, -0.05) is 25.5 Å². The first-order chi connectivity index (χ1) is 13.5. The standard InChI is InChI=1S/C22H31N5O/c1-5-6-10-23-22(28)19-15-21(25-18(4)24-19)27-13-11-26(12-14-27)20-9-7-8-16(2)17(20)3/h7-9,15H,5-6,10-14H2,1-4H3,(H,23,28). The number of rotatable bonds is 6. The molecule has 6 heteroatoms. The van der Waals surface area contributed by atoms with Crippen LogP contribution in [-0.4, -0.2) is 48.6 Å². The lowest BCUT2D eigenvalue weighted by molar-refractivity contribution is 0.0947. The summed E-state index contributed by atoms with van der Waals surface area (Å²) >= 11 is 0. The van der Waals surface area contributed by atoms with E-state index < -0.39 is 0 Å². The van der Waals surface area contributed by atoms with Crippen molar-refractivity contribution in [3.63, 3.8) is 0 Å². The van der Waals surface area contributed by atoms with Crippen molar-refractivity contribution in [2.75, 3.05) is 42.5 Å². The molecule has 0 radical (unpaired) electrons. The van der Waals surface area contributed by atoms with Gasteiger partial charge < -0.3 is 15.1 Å². The second kappa shape index (κ2) is 9.04. The number of anilines is 2. The summed E-state index contributed by atoms with van der Waals surface area (Å²) in [5.41, 5.74) is 4.44. The molecule has 0 atom stereocenters. The average Bonchev–Trinajstić information content (AvgIpc) is 2.70. The molecule has 2 aromatic rings. The number of hydrogen-bond donors (Lipinski definition) is 1. The highest BCUT2D eigenvalue weighted by Crippen LogP contribution is 2.25. The molecule has 1 aromatic heterocycles. The molecule has 2 heterocycles. The molecule has 28 heavy (non-hydrogen) atoms. The van der Waals surface area contributed by atoms with Crippen LogP contribution < -0.4 is 15.1 Å². The number of aromatic nitrogens is 2. The Kier molecular flexibility index (Phi) is 6.49. The Balaban J connectivity index is 1.68. The first-order valence-corrected chi connectivity index (χ1v) is 10.2. The van der Waals surface area contributed by atoms with E-state index in [1.165, 1.54) is 16.8 Å². The smallest absolute Gasteiger partial charge is 0.270 e. The summed E-state index contributed by atoms with van der Waals surface area (Å²) < 4.78 is 0. The van der Waals surface area contributed by atoms with Crippen molar-refractivity contribution in [1.82, 2.24) is 15.3 Å². The van der Waals surface area contributed by atoms with Gasteiger partial charge in [0.1, 0.15) is 17.3 Å². The van der Waals surface area contributed by atoms with Gasteiger partial charge in [0.2, 0.25) is 0 Å². The van der Waals surface area contributed by atoms with Gasteiger partial charge in [0.25, 0.3) is 5.91 Å². The monoisotopic (exact) mass is 381 g/mol. The second-order valence-electron chi connectivity index (χ2n) is 7.46. The molecular formula is C22H31N5O. The van der Waals surface area contributed by atoms with Crippen molar-refractivity contribution < 1.29 is 4.79 Å². The molecule has 1 aromatic carbocycles. The maximum atomic E-state index is 12.4. The van der Waals surface area contributed by atoms with Gasteiger partial charge in [0, 0.05) is 44.5 Å². The second-order valence-corrected chi connectivity index (χ2v) is 7.46. The molecule has 1 fully saturated rings. The van der Waals surface area contributed by atoms with Crippen LogP contribution in [0.2, 0.25) is 0 Å². The number of amides is 1. The normalized spacial score (nSPS) is 14.3. The number of nitrogens with zero attached hydrogens (tertiary/aromatic N) is 4. The predicted molar refractivity (Wildman–Crippen MR) is 114 cm³/mol. The third-order valence-corrected chi connectivity index (χ3v) is 5.39. The zero-order valence-corrected chi connectivity index (χ0v) is 17.5. The largest absolute Gasteiger partial charge is 0.368 e. The first-order valence-electron chi connectivity index (χ1n) is 10.2. The van der Waals surface area contributed by atoms with E-state index in [0.29, 0.717) is 18.1 Å². The first kappa shape index (κ1) is 20.1. The quantitative estimate of drug-likeness (QED) is 0.778. The molecule has 0 unspecified atom stereocenters. The number of carbonyl (C=O) groups excluding carboxylic acids is 1. The Hall–Kier alpha value is -2.63. The van der Waals surface area contributed by atoms with E-state index in [-0.39, 0.29) is 5.91 Å². The Labute approximate surface area is 168 Å². The number of hydrogen-bond acceptors (Lipinski definition) is 5. The van der Waals surface area contributed by atoms with Gasteiger partial charge in [-0.25, -0.2) is 9.97 Å². The van der Waals surface area contributed by atoms with Crippen LogP contribution in [0.15, 0.2) is 24.3 Å². The molecule has 0 saturated carbocycles. The zero-order chi connectivity index (χ0) is 20.1. The Bertz CT molecular complexity index is 828. The van der Waals surface area contributed by atoms with Crippen molar-refractivity contribution in [2.45, 2.75) is 40.5 Å². The van der Waals surface area contributed by atoms with Gasteiger partial charge >= 0.3 is 0 Å². The van der Waals surface area contributed by atoms with Gasteiger partial charge in [0.05, 0.1) is 0 Å². The number of unbranched alkanes of at least 4 members (excludes halogenated alkanes) is 1. The highest BCUT2D eigenvalue weighted by molar-refractivity contribution is 5.92. The van der Waals surface area contributed by atoms with Crippen molar-refractivity contribution >= 4 is 17.4 Å². The molecule has 1 saturated heterocycles. The minimum Gasteiger partial charge on any atom is -0.368 e. The van der Waals surface area contributed by atoms with E-state index in [9.17, 15) is 4.79 Å². The highest BCUT2D eigenvalue weighted by Gasteiger charge is 2.21. The summed E-state index contributed by atoms with van der Waals surface area (Å²) in [5.74, 6) is 1.36. The van der Waals surface area contributed by atoms with E-state index in [1.807, 2.05) is 13.0 Å². The van der Waals surface area contributed by atoms with Crippen LogP contribution in [0.3, 0.4) is 0 Å². The number of piperazine rings is 1. The predicted octanol–water partition coefficient (Wildman–Crippen LogP) is 3.26. The maximum Gasteiger partial charge on any atom is 0.270 e. The lowest BCUT2D eigenvalue weighted by atomic mass is 10.1. The molecular weight excluding hydrogens is 350 g/mol. The molecule has 0 bridgehead atoms. The van der Waals surface area contributed by atoms with E-state index in [1.54, 1.807) is 0 Å². The van der Waals surface area contributed by atoms with Crippen LogP contribution >= 0.6 is 0 Å². The van der Waals surface area contributed by atoms with E-state index in [4.69, 9.17) is 0 Å². The van der Waals surface area contributed by atoms with E-state index >= 15 is 0 Å². The molecule has 6 nitrogen and oxygen atoms in total. The molecule has 0 aliphatic carbocycles. The molecule has 1 aliphatic rings. The van der Waals surface area contributed by atoms with Crippen LogP contribution in [-0.2, 0) is 0 Å². The maximum absolute atomic E-state index is 12.4. The van der Waals surface area contributed by atoms with Crippen molar-refractivity contribution in [3.8, 4) is 0 Å². The summed E-state index contributed by atoms with van der Waals surface area (Å²) in [6, 6.07) is 8.31. The van der Waals surface area contributed by atoms with Crippen LogP contribution in [0.25, 0.3) is 0 Å². The van der Waals surface area contributed by atoms with E-state index in [0.717, 1.165) is 44.8 Å². The van der Waals surface area contributed by atoms with Crippen LogP contribution in [0.4, 0.5) is 11.5 Å². The van der Waals surface area contributed by atoms with Crippen molar-refractivity contribution in [3.05, 3.63) is 46.9 Å². The lowest BCUT2D eigenvalue weighted by Crippen LogP contribution is -2.47. The molecule has 150 valence electrons. The number of aryl methyl sites for hydroxylation is 2. The highest BCUT2D eigenvalue weighted by atomic mass is 16.1. The van der Waals surface area contributed by atoms with Gasteiger partial charge in [-0.05, 0) is 44.4 Å². The molecule has 1 amide bonds. The van der Waals surface area contributed by atoms with Crippen LogP contribution in [0.5, 0.6) is 0 Å². The number of benzene rings is 1. The van der Waals surface area contributed by atoms with Gasteiger partial charge in [-0.15, -0.1) is 0 Å². The fraction of sp³-hybridized carbons (Fsp3) is 0.500. The lowest BCUT2D eigenvalue weighted by Gasteiger charge is -2.37. The topological polar surface area (TPSA) is 61.4 Å². The third-order valence-electron chi connectivity index (χ3n) is 5.39. The fourth-order valence-electron chi connectivity index (χ4n) is 3.55. The fourth-order valence-corrected chi connectivity index (χ4v) is 3.55. The Morgan fingerprint density at radius 1 is 1.07 bits per heavy atom. The Morgan fingerprint density at radius 2 is 1.79 bits per heavy atom. The molecule has 1 aliphatic heterocycles. The summed E-state index contributed by atoms with van der Waals surface area (Å²) in [6.07, 6.45) is 2.03. The van der Waals surface area contributed by atoms with Gasteiger partial charge in [-0.2, -0.15) is 0 Å². The van der Waals surface area contributed by atoms with Crippen molar-refractivity contribution in [2.24, 2.45) is 0 Å². The minimum absolute atomic E-state index is 0.116. The number of nitrogens with one attached hydrogen (secondary N) is 1. The van der Waals surface area contributed by atoms with Crippen LogP contribution in [0, 0.1) is 20.8 Å². The van der Waals surface area contributed by atoms with Gasteiger partial charge in [-0.3, -0.25) is 4.79 Å². The zero-order valence-electron chi connectivity index (χ0n) is 17.5. The SMILES string of the molecule is CCCCNC(=O)c1cc(N2CCN(c3cccc(C)c3C)CC2)nc(C)n1. The summed E-state index contributed by atoms with van der Waals surface area (Å²) in [4.78, 5) is 26.0. The van der Waals surface area contributed by atoms with Crippen LogP contribution in [0.1, 0.15) is 47.2 Å². The number of carbonyl (C=O) groups is 1. The summed E-state index contributed by atoms with van der Waals surface area (Å²) in [5, 5.41) is 2.94. The molecule has 3 rings (SSSR count). The van der Waals surface area contributed by atoms with E-state index in [2.05, 4.69) is 64.1 Å². The summed E-state index contributed by atoms with van der Waals surface area (Å²) in [7, 11) is 0. The van der Waals surface area contributed by atoms with Gasteiger partial charge in [0.15, 0.2) is 0 Å². The van der Waals surface area contributed by atoms with Crippen molar-refractivity contribution in [1.29, 1.82) is 0 Å². The third kappa shape index (κ3) is 4.61. The Morgan fingerprint density at radius 3 is 2.50 bits per heavy atom.